The molecule has 0 fully saturated rings. The molecule has 1 heterocycles. The van der Waals surface area contributed by atoms with E-state index >= 15 is 0 Å². The Labute approximate surface area is 144 Å². The molecule has 0 aliphatic rings. The number of nitrogens with one attached hydrogen (secondary N) is 1. The van der Waals surface area contributed by atoms with Crippen LogP contribution in [0.1, 0.15) is 15.9 Å². The number of carbonyl (C=O) groups is 1. The van der Waals surface area contributed by atoms with Crippen molar-refractivity contribution >= 4 is 23.2 Å². The number of anilines is 1. The van der Waals surface area contributed by atoms with Crippen LogP contribution in [0.25, 0.3) is 0 Å². The molecular weight excluding hydrogens is 326 g/mol. The van der Waals surface area contributed by atoms with Crippen molar-refractivity contribution in [3.05, 3.63) is 77.3 Å². The van der Waals surface area contributed by atoms with Gasteiger partial charge in [0.05, 0.1) is 18.5 Å². The minimum absolute atomic E-state index is 0.191. The molecule has 2 aromatic carbocycles. The Morgan fingerprint density at radius 1 is 1.29 bits per heavy atom. The maximum absolute atomic E-state index is 12.4. The first-order chi connectivity index (χ1) is 11.7. The van der Waals surface area contributed by atoms with Crippen molar-refractivity contribution < 1.29 is 9.53 Å². The van der Waals surface area contributed by atoms with E-state index in [-0.39, 0.29) is 5.91 Å². The van der Waals surface area contributed by atoms with Gasteiger partial charge in [0.15, 0.2) is 0 Å². The lowest BCUT2D eigenvalue weighted by atomic mass is 10.1. The third-order valence-electron chi connectivity index (χ3n) is 3.52. The van der Waals surface area contributed by atoms with Crippen LogP contribution in [0.4, 0.5) is 5.69 Å². The van der Waals surface area contributed by atoms with Crippen LogP contribution in [0.3, 0.4) is 0 Å². The van der Waals surface area contributed by atoms with Gasteiger partial charge in [-0.15, -0.1) is 0 Å². The molecule has 1 amide bonds. The summed E-state index contributed by atoms with van der Waals surface area (Å²) in [5.41, 5.74) is 2.22. The van der Waals surface area contributed by atoms with Gasteiger partial charge in [-0.05, 0) is 35.9 Å². The second kappa shape index (κ2) is 7.19. The van der Waals surface area contributed by atoms with E-state index in [1.165, 1.54) is 0 Å². The molecule has 5 nitrogen and oxygen atoms in total. The van der Waals surface area contributed by atoms with E-state index < -0.39 is 0 Å². The number of nitrogens with zero attached hydrogens (tertiary/aromatic N) is 2. The molecule has 6 heteroatoms. The van der Waals surface area contributed by atoms with Gasteiger partial charge in [0.1, 0.15) is 5.75 Å². The zero-order chi connectivity index (χ0) is 16.9. The monoisotopic (exact) mass is 341 g/mol. The lowest BCUT2D eigenvalue weighted by Gasteiger charge is -2.09. The van der Waals surface area contributed by atoms with Gasteiger partial charge in [-0.25, -0.2) is 4.98 Å². The highest BCUT2D eigenvalue weighted by Crippen LogP contribution is 2.27. The molecule has 0 saturated carbocycles. The summed E-state index contributed by atoms with van der Waals surface area (Å²) in [7, 11) is 1.55. The second-order valence-corrected chi connectivity index (χ2v) is 5.65. The van der Waals surface area contributed by atoms with Gasteiger partial charge in [-0.1, -0.05) is 23.7 Å². The van der Waals surface area contributed by atoms with Crippen molar-refractivity contribution in [2.45, 2.75) is 6.54 Å². The molecule has 0 radical (unpaired) electrons. The van der Waals surface area contributed by atoms with Crippen molar-refractivity contribution in [3.8, 4) is 5.75 Å². The number of aromatic nitrogens is 2. The average Bonchev–Trinajstić information content (AvgIpc) is 3.08. The van der Waals surface area contributed by atoms with Crippen molar-refractivity contribution in [2.75, 3.05) is 12.4 Å². The topological polar surface area (TPSA) is 56.1 Å². The van der Waals surface area contributed by atoms with Crippen LogP contribution in [-0.4, -0.2) is 22.6 Å². The van der Waals surface area contributed by atoms with E-state index in [1.54, 1.807) is 43.9 Å². The van der Waals surface area contributed by atoms with Crippen molar-refractivity contribution in [3.63, 3.8) is 0 Å². The first-order valence-electron chi connectivity index (χ1n) is 7.35. The van der Waals surface area contributed by atoms with Gasteiger partial charge >= 0.3 is 0 Å². The van der Waals surface area contributed by atoms with Crippen molar-refractivity contribution in [2.24, 2.45) is 0 Å². The number of benzene rings is 2. The maximum atomic E-state index is 12.4. The minimum Gasteiger partial charge on any atom is -0.495 e. The highest BCUT2D eigenvalue weighted by molar-refractivity contribution is 6.32. The van der Waals surface area contributed by atoms with E-state index in [0.717, 1.165) is 5.56 Å². The fourth-order valence-electron chi connectivity index (χ4n) is 2.35. The number of rotatable bonds is 5. The van der Waals surface area contributed by atoms with Crippen LogP contribution in [0.5, 0.6) is 5.75 Å². The predicted octanol–water partition coefficient (Wildman–Crippen LogP) is 3.85. The minimum atomic E-state index is -0.191. The maximum Gasteiger partial charge on any atom is 0.255 e. The molecule has 0 atom stereocenters. The summed E-state index contributed by atoms with van der Waals surface area (Å²) in [5.74, 6) is 0.376. The molecule has 0 bridgehead atoms. The Balaban J connectivity index is 1.74. The van der Waals surface area contributed by atoms with Gasteiger partial charge in [0.25, 0.3) is 5.91 Å². The van der Waals surface area contributed by atoms with Gasteiger partial charge in [0.2, 0.25) is 0 Å². The van der Waals surface area contributed by atoms with E-state index in [4.69, 9.17) is 16.3 Å². The largest absolute Gasteiger partial charge is 0.495 e. The number of hydrogen-bond acceptors (Lipinski definition) is 3. The summed E-state index contributed by atoms with van der Waals surface area (Å²) in [4.78, 5) is 16.4. The van der Waals surface area contributed by atoms with Gasteiger partial charge < -0.3 is 14.6 Å². The molecule has 0 spiro atoms. The van der Waals surface area contributed by atoms with E-state index in [0.29, 0.717) is 28.6 Å². The Morgan fingerprint density at radius 2 is 2.17 bits per heavy atom. The third kappa shape index (κ3) is 3.75. The summed E-state index contributed by atoms with van der Waals surface area (Å²) in [6, 6.07) is 12.6. The molecule has 3 rings (SSSR count). The van der Waals surface area contributed by atoms with Crippen molar-refractivity contribution in [1.29, 1.82) is 0 Å². The van der Waals surface area contributed by atoms with Gasteiger partial charge in [0, 0.05) is 30.2 Å². The summed E-state index contributed by atoms with van der Waals surface area (Å²) in [5, 5.41) is 3.29. The fourth-order valence-corrected chi connectivity index (χ4v) is 2.61. The number of methoxy groups -OCH3 is 1. The molecule has 24 heavy (non-hydrogen) atoms. The van der Waals surface area contributed by atoms with Crippen LogP contribution < -0.4 is 10.1 Å². The van der Waals surface area contributed by atoms with Crippen LogP contribution in [0, 0.1) is 0 Å². The summed E-state index contributed by atoms with van der Waals surface area (Å²) in [6.45, 7) is 0.662. The number of ether oxygens (including phenoxy) is 1. The molecule has 0 aliphatic carbocycles. The molecule has 0 saturated heterocycles. The number of hydrogen-bond donors (Lipinski definition) is 1. The van der Waals surface area contributed by atoms with E-state index in [9.17, 15) is 4.79 Å². The summed E-state index contributed by atoms with van der Waals surface area (Å²) < 4.78 is 7.05. The van der Waals surface area contributed by atoms with Crippen LogP contribution >= 0.6 is 11.6 Å². The Morgan fingerprint density at radius 3 is 2.88 bits per heavy atom. The SMILES string of the molecule is COc1ccc(NC(=O)c2cccc(Cn3ccnc3)c2)cc1Cl. The standard InChI is InChI=1S/C18H16ClN3O2/c1-24-17-6-5-15(10-16(17)19)21-18(23)14-4-2-3-13(9-14)11-22-8-7-20-12-22/h2-10,12H,11H2,1H3,(H,21,23). The summed E-state index contributed by atoms with van der Waals surface area (Å²) >= 11 is 6.08. The van der Waals surface area contributed by atoms with E-state index in [2.05, 4.69) is 10.3 Å². The Bertz CT molecular complexity index is 847. The number of halogens is 1. The van der Waals surface area contributed by atoms with Gasteiger partial charge in [-0.3, -0.25) is 4.79 Å². The van der Waals surface area contributed by atoms with E-state index in [1.807, 2.05) is 29.0 Å². The van der Waals surface area contributed by atoms with Crippen molar-refractivity contribution in [1.82, 2.24) is 9.55 Å². The molecular formula is C18H16ClN3O2. The predicted molar refractivity (Wildman–Crippen MR) is 93.7 cm³/mol. The Hall–Kier alpha value is -2.79. The number of carbonyl (C=O) groups excluding carboxylic acids is 1. The van der Waals surface area contributed by atoms with Crippen LogP contribution in [0.15, 0.2) is 61.2 Å². The zero-order valence-corrected chi connectivity index (χ0v) is 13.8. The van der Waals surface area contributed by atoms with Gasteiger partial charge in [-0.2, -0.15) is 0 Å². The summed E-state index contributed by atoms with van der Waals surface area (Å²) in [6.07, 6.45) is 5.35. The highest BCUT2D eigenvalue weighted by atomic mass is 35.5. The molecule has 0 unspecified atom stereocenters. The number of imidazole rings is 1. The first-order valence-corrected chi connectivity index (χ1v) is 7.73. The Kier molecular flexibility index (Phi) is 4.82. The lowest BCUT2D eigenvalue weighted by Crippen LogP contribution is -2.12. The normalized spacial score (nSPS) is 10.4. The lowest BCUT2D eigenvalue weighted by molar-refractivity contribution is 0.102. The second-order valence-electron chi connectivity index (χ2n) is 5.24. The molecule has 1 N–H and O–H groups in total. The first kappa shape index (κ1) is 16.1. The zero-order valence-electron chi connectivity index (χ0n) is 13.1. The third-order valence-corrected chi connectivity index (χ3v) is 3.82. The molecule has 3 aromatic rings. The average molecular weight is 342 g/mol. The number of amides is 1. The van der Waals surface area contributed by atoms with Crippen LogP contribution in [0.2, 0.25) is 5.02 Å². The molecule has 1 aromatic heterocycles. The smallest absolute Gasteiger partial charge is 0.255 e. The molecule has 0 aliphatic heterocycles. The highest BCUT2D eigenvalue weighted by Gasteiger charge is 2.09. The fraction of sp³-hybridized carbons (Fsp3) is 0.111. The quantitative estimate of drug-likeness (QED) is 0.767. The van der Waals surface area contributed by atoms with Crippen LogP contribution in [-0.2, 0) is 6.54 Å². The molecule has 122 valence electrons.